The molecule has 1 heterocycles. The number of hydrogen-bond acceptors (Lipinski definition) is 3. The summed E-state index contributed by atoms with van der Waals surface area (Å²) < 4.78 is 6.01. The van der Waals surface area contributed by atoms with Gasteiger partial charge in [-0.2, -0.15) is 0 Å². The average molecular weight is 304 g/mol. The molecule has 0 bridgehead atoms. The van der Waals surface area contributed by atoms with Crippen LogP contribution in [0.4, 0.5) is 0 Å². The van der Waals surface area contributed by atoms with Gasteiger partial charge in [0.2, 0.25) is 0 Å². The number of hydrogen-bond donors (Lipinski definition) is 1. The number of amides is 1. The van der Waals surface area contributed by atoms with Crippen molar-refractivity contribution < 1.29 is 9.53 Å². The maximum Gasteiger partial charge on any atom is 0.263 e. The lowest BCUT2D eigenvalue weighted by molar-refractivity contribution is -0.137. The van der Waals surface area contributed by atoms with Gasteiger partial charge in [-0.1, -0.05) is 26.0 Å². The maximum atomic E-state index is 12.5. The average Bonchev–Trinajstić information content (AvgIpc) is 2.95. The smallest absolute Gasteiger partial charge is 0.263 e. The normalized spacial score (nSPS) is 19.5. The van der Waals surface area contributed by atoms with Crippen LogP contribution in [0.25, 0.3) is 0 Å². The molecule has 22 heavy (non-hydrogen) atoms. The van der Waals surface area contributed by atoms with Gasteiger partial charge in [0.1, 0.15) is 5.75 Å². The van der Waals surface area contributed by atoms with Crippen molar-refractivity contribution in [3.63, 3.8) is 0 Å². The maximum absolute atomic E-state index is 12.5. The summed E-state index contributed by atoms with van der Waals surface area (Å²) in [4.78, 5) is 14.4. The van der Waals surface area contributed by atoms with E-state index in [1.165, 1.54) is 0 Å². The third-order valence-electron chi connectivity index (χ3n) is 4.37. The molecule has 1 fully saturated rings. The minimum absolute atomic E-state index is 0.0622. The summed E-state index contributed by atoms with van der Waals surface area (Å²) in [6, 6.07) is 6.19. The summed E-state index contributed by atoms with van der Waals surface area (Å²) in [5, 5.41) is 0. The van der Waals surface area contributed by atoms with Crippen LogP contribution < -0.4 is 10.5 Å². The first-order valence-electron chi connectivity index (χ1n) is 8.18. The van der Waals surface area contributed by atoms with Crippen LogP contribution in [0.1, 0.15) is 44.2 Å². The Hall–Kier alpha value is -1.55. The number of likely N-dealkylation sites (tertiary alicyclic amines) is 1. The van der Waals surface area contributed by atoms with Crippen LogP contribution in [0.2, 0.25) is 0 Å². The van der Waals surface area contributed by atoms with E-state index in [1.807, 2.05) is 24.8 Å². The van der Waals surface area contributed by atoms with Crippen LogP contribution in [0.3, 0.4) is 0 Å². The van der Waals surface area contributed by atoms with Crippen molar-refractivity contribution in [2.45, 2.75) is 46.1 Å². The number of carbonyl (C=O) groups excluding carboxylic acids is 1. The van der Waals surface area contributed by atoms with Crippen molar-refractivity contribution in [2.75, 3.05) is 19.6 Å². The van der Waals surface area contributed by atoms with Gasteiger partial charge in [0.05, 0.1) is 0 Å². The second kappa shape index (κ2) is 7.14. The van der Waals surface area contributed by atoms with E-state index in [4.69, 9.17) is 10.5 Å². The Morgan fingerprint density at radius 1 is 1.41 bits per heavy atom. The predicted octanol–water partition coefficient (Wildman–Crippen LogP) is 2.69. The molecule has 2 atom stereocenters. The molecule has 1 aliphatic heterocycles. The summed E-state index contributed by atoms with van der Waals surface area (Å²) >= 11 is 0. The third-order valence-corrected chi connectivity index (χ3v) is 4.37. The van der Waals surface area contributed by atoms with Gasteiger partial charge in [-0.15, -0.1) is 0 Å². The highest BCUT2D eigenvalue weighted by Crippen LogP contribution is 2.29. The lowest BCUT2D eigenvalue weighted by Crippen LogP contribution is -2.39. The lowest BCUT2D eigenvalue weighted by atomic mass is 10.0. The summed E-state index contributed by atoms with van der Waals surface area (Å²) in [6.07, 6.45) is 0.534. The molecule has 1 aromatic rings. The summed E-state index contributed by atoms with van der Waals surface area (Å²) in [5.74, 6) is 1.69. The molecule has 2 N–H and O–H groups in total. The molecule has 2 rings (SSSR count). The molecule has 122 valence electrons. The molecule has 4 heteroatoms. The molecule has 1 aliphatic rings. The number of benzene rings is 1. The molecule has 0 saturated carbocycles. The molecule has 1 amide bonds. The largest absolute Gasteiger partial charge is 0.481 e. The first-order valence-corrected chi connectivity index (χ1v) is 8.18. The van der Waals surface area contributed by atoms with Crippen LogP contribution >= 0.6 is 0 Å². The Labute approximate surface area is 133 Å². The summed E-state index contributed by atoms with van der Waals surface area (Å²) in [5.41, 5.74) is 7.98. The van der Waals surface area contributed by atoms with Crippen molar-refractivity contribution in [2.24, 2.45) is 11.7 Å². The molecule has 1 aromatic carbocycles. The zero-order valence-electron chi connectivity index (χ0n) is 14.1. The van der Waals surface area contributed by atoms with Crippen molar-refractivity contribution in [3.05, 3.63) is 29.3 Å². The lowest BCUT2D eigenvalue weighted by Gasteiger charge is -2.23. The predicted molar refractivity (Wildman–Crippen MR) is 89.1 cm³/mol. The van der Waals surface area contributed by atoms with E-state index in [0.717, 1.165) is 36.4 Å². The van der Waals surface area contributed by atoms with Crippen molar-refractivity contribution in [1.82, 2.24) is 4.90 Å². The second-order valence-corrected chi connectivity index (χ2v) is 6.63. The van der Waals surface area contributed by atoms with E-state index in [0.29, 0.717) is 18.4 Å². The molecule has 0 radical (unpaired) electrons. The van der Waals surface area contributed by atoms with E-state index in [9.17, 15) is 4.79 Å². The number of aryl methyl sites for hydroxylation is 1. The molecule has 1 saturated heterocycles. The second-order valence-electron chi connectivity index (χ2n) is 6.63. The van der Waals surface area contributed by atoms with Crippen LogP contribution in [-0.4, -0.2) is 36.5 Å². The fraction of sp³-hybridized carbons (Fsp3) is 0.611. The van der Waals surface area contributed by atoms with Crippen LogP contribution in [-0.2, 0) is 4.79 Å². The zero-order chi connectivity index (χ0) is 16.3. The fourth-order valence-electron chi connectivity index (χ4n) is 2.94. The van der Waals surface area contributed by atoms with E-state index < -0.39 is 6.10 Å². The van der Waals surface area contributed by atoms with E-state index >= 15 is 0 Å². The SMILES string of the molecule is Cc1ccc(C(C)C)c(O[C@H](C)C(=O)N2CC[C@H](CN)C2)c1. The molecule has 0 aliphatic carbocycles. The molecule has 4 nitrogen and oxygen atoms in total. The Morgan fingerprint density at radius 3 is 2.73 bits per heavy atom. The number of rotatable bonds is 5. The van der Waals surface area contributed by atoms with Crippen LogP contribution in [0, 0.1) is 12.8 Å². The van der Waals surface area contributed by atoms with Crippen LogP contribution in [0.15, 0.2) is 18.2 Å². The summed E-state index contributed by atoms with van der Waals surface area (Å²) in [6.45, 7) is 10.3. The molecule has 0 unspecified atom stereocenters. The topological polar surface area (TPSA) is 55.6 Å². The Balaban J connectivity index is 2.07. The van der Waals surface area contributed by atoms with Gasteiger partial charge in [0.25, 0.3) is 5.91 Å². The first kappa shape index (κ1) is 16.8. The van der Waals surface area contributed by atoms with E-state index in [2.05, 4.69) is 26.0 Å². The van der Waals surface area contributed by atoms with E-state index in [-0.39, 0.29) is 5.91 Å². The van der Waals surface area contributed by atoms with Gasteiger partial charge in [-0.3, -0.25) is 4.79 Å². The van der Waals surface area contributed by atoms with Gasteiger partial charge in [-0.05, 0) is 55.8 Å². The number of nitrogens with two attached hydrogens (primary N) is 1. The minimum atomic E-state index is -0.462. The quantitative estimate of drug-likeness (QED) is 0.910. The van der Waals surface area contributed by atoms with Gasteiger partial charge < -0.3 is 15.4 Å². The number of nitrogens with zero attached hydrogens (tertiary/aromatic N) is 1. The van der Waals surface area contributed by atoms with Crippen molar-refractivity contribution in [1.29, 1.82) is 0 Å². The third kappa shape index (κ3) is 3.80. The highest BCUT2D eigenvalue weighted by molar-refractivity contribution is 5.81. The van der Waals surface area contributed by atoms with Gasteiger partial charge in [0, 0.05) is 13.1 Å². The number of ether oxygens (including phenoxy) is 1. The number of carbonyl (C=O) groups is 1. The van der Waals surface area contributed by atoms with Gasteiger partial charge in [-0.25, -0.2) is 0 Å². The molecular formula is C18H28N2O2. The van der Waals surface area contributed by atoms with Crippen molar-refractivity contribution in [3.8, 4) is 5.75 Å². The zero-order valence-corrected chi connectivity index (χ0v) is 14.1. The highest BCUT2D eigenvalue weighted by atomic mass is 16.5. The minimum Gasteiger partial charge on any atom is -0.481 e. The van der Waals surface area contributed by atoms with Crippen molar-refractivity contribution >= 4 is 5.91 Å². The molecule has 0 spiro atoms. The Kier molecular flexibility index (Phi) is 5.46. The first-order chi connectivity index (χ1) is 10.4. The highest BCUT2D eigenvalue weighted by Gasteiger charge is 2.29. The monoisotopic (exact) mass is 304 g/mol. The fourth-order valence-corrected chi connectivity index (χ4v) is 2.94. The standard InChI is InChI=1S/C18H28N2O2/c1-12(2)16-6-5-13(3)9-17(16)22-14(4)18(21)20-8-7-15(10-19)11-20/h5-6,9,12,14-15H,7-8,10-11,19H2,1-4H3/t14-,15-/m1/s1. The van der Waals surface area contributed by atoms with Gasteiger partial charge in [0.15, 0.2) is 6.10 Å². The molecular weight excluding hydrogens is 276 g/mol. The van der Waals surface area contributed by atoms with Crippen LogP contribution in [0.5, 0.6) is 5.75 Å². The van der Waals surface area contributed by atoms with Gasteiger partial charge >= 0.3 is 0 Å². The molecule has 0 aromatic heterocycles. The summed E-state index contributed by atoms with van der Waals surface area (Å²) in [7, 11) is 0. The van der Waals surface area contributed by atoms with E-state index in [1.54, 1.807) is 0 Å². The Bertz CT molecular complexity index is 528. The Morgan fingerprint density at radius 2 is 2.14 bits per heavy atom.